The minimum absolute atomic E-state index is 0. The normalized spacial score (nSPS) is 21.3. The minimum Gasteiger partial charge on any atom is -0.458 e. The van der Waals surface area contributed by atoms with Gasteiger partial charge in [0, 0.05) is 48.3 Å². The number of para-hydroxylation sites is 1. The van der Waals surface area contributed by atoms with Crippen LogP contribution in [0.4, 0.5) is 0 Å². The zero-order valence-corrected chi connectivity index (χ0v) is 21.5. The van der Waals surface area contributed by atoms with Crippen LogP contribution in [0.5, 0.6) is 0 Å². The number of hydrogen-bond donors (Lipinski definition) is 2. The van der Waals surface area contributed by atoms with E-state index in [1.807, 2.05) is 24.3 Å². The van der Waals surface area contributed by atoms with E-state index in [9.17, 15) is 14.7 Å². The van der Waals surface area contributed by atoms with Crippen molar-refractivity contribution in [2.75, 3.05) is 33.2 Å². The van der Waals surface area contributed by atoms with E-state index in [-0.39, 0.29) is 31.0 Å². The highest BCUT2D eigenvalue weighted by Gasteiger charge is 2.45. The van der Waals surface area contributed by atoms with E-state index in [4.69, 9.17) is 9.72 Å². The predicted octanol–water partition coefficient (Wildman–Crippen LogP) is 1.59. The summed E-state index contributed by atoms with van der Waals surface area (Å²) in [5, 5.41) is 18.7. The Bertz CT molecular complexity index is 1480. The predicted molar refractivity (Wildman–Crippen MR) is 142 cm³/mol. The summed E-state index contributed by atoms with van der Waals surface area (Å²) in [6.07, 6.45) is 1.91. The maximum Gasteiger partial charge on any atom is 0.343 e. The standard InChI is InChI=1S/C26H28N6O4.ClH/c1-3-26(35)20-12-22-23-18(14-32(22)24(33)19(20)15-36-25(26)34)17(16-6-4-5-7-21(16)28-23)13-27-29-31-10-8-30(2)9-11-31;/h4-7,12-13,29,35H,3,8-11,14-15H2,1-2H3;1H/t26-;/m0./s1. The van der Waals surface area contributed by atoms with E-state index in [2.05, 4.69) is 27.6 Å². The van der Waals surface area contributed by atoms with Crippen molar-refractivity contribution in [1.82, 2.24) is 25.0 Å². The number of nitrogens with one attached hydrogen (secondary N) is 1. The third kappa shape index (κ3) is 4.00. The molecule has 2 aromatic heterocycles. The van der Waals surface area contributed by atoms with Gasteiger partial charge in [-0.15, -0.1) is 12.4 Å². The van der Waals surface area contributed by atoms with Gasteiger partial charge in [0.1, 0.15) is 6.61 Å². The summed E-state index contributed by atoms with van der Waals surface area (Å²) >= 11 is 0. The highest BCUT2D eigenvalue weighted by Crippen LogP contribution is 2.39. The molecule has 0 amide bonds. The van der Waals surface area contributed by atoms with Gasteiger partial charge in [0.2, 0.25) is 0 Å². The quantitative estimate of drug-likeness (QED) is 0.235. The number of likely N-dealkylation sites (N-methyl/N-ethyl adjacent to an activating group) is 1. The largest absolute Gasteiger partial charge is 0.458 e. The van der Waals surface area contributed by atoms with Crippen molar-refractivity contribution in [3.05, 3.63) is 62.9 Å². The lowest BCUT2D eigenvalue weighted by Crippen LogP contribution is -2.49. The van der Waals surface area contributed by atoms with Crippen molar-refractivity contribution in [3.63, 3.8) is 0 Å². The number of hydrazine groups is 1. The monoisotopic (exact) mass is 524 g/mol. The molecule has 0 unspecified atom stereocenters. The summed E-state index contributed by atoms with van der Waals surface area (Å²) in [6.45, 7) is 5.55. The van der Waals surface area contributed by atoms with Crippen LogP contribution < -0.4 is 11.1 Å². The summed E-state index contributed by atoms with van der Waals surface area (Å²) in [5.74, 6) is -0.727. The summed E-state index contributed by atoms with van der Waals surface area (Å²) in [7, 11) is 2.10. The van der Waals surface area contributed by atoms with Crippen LogP contribution in [0.25, 0.3) is 22.3 Å². The molecule has 0 aliphatic carbocycles. The number of aliphatic hydroxyl groups is 1. The Morgan fingerprint density at radius 3 is 2.70 bits per heavy atom. The second kappa shape index (κ2) is 9.53. The van der Waals surface area contributed by atoms with Crippen molar-refractivity contribution >= 4 is 35.5 Å². The fourth-order valence-electron chi connectivity index (χ4n) is 5.29. The summed E-state index contributed by atoms with van der Waals surface area (Å²) in [5.41, 5.74) is 5.44. The van der Waals surface area contributed by atoms with Crippen LogP contribution in [0, 0.1) is 0 Å². The molecule has 0 saturated carbocycles. The van der Waals surface area contributed by atoms with Gasteiger partial charge in [0.15, 0.2) is 5.60 Å². The number of piperazine rings is 1. The molecular weight excluding hydrogens is 496 g/mol. The Balaban J connectivity index is 0.00000280. The highest BCUT2D eigenvalue weighted by molar-refractivity contribution is 6.02. The molecule has 5 heterocycles. The minimum atomic E-state index is -1.85. The molecule has 3 aromatic rings. The van der Waals surface area contributed by atoms with Crippen molar-refractivity contribution in [2.45, 2.75) is 32.1 Å². The number of aromatic nitrogens is 2. The SMILES string of the molecule is CC[C@@]1(O)C(=O)OCc2c1cc1n(c2=O)Cc2c-1nc1ccccc1c2C=NNN1CCN(C)CC1.Cl. The van der Waals surface area contributed by atoms with Gasteiger partial charge in [-0.25, -0.2) is 20.3 Å². The number of hydrogen-bond acceptors (Lipinski definition) is 9. The third-order valence-corrected chi connectivity index (χ3v) is 7.54. The lowest BCUT2D eigenvalue weighted by atomic mass is 9.86. The van der Waals surface area contributed by atoms with Crippen molar-refractivity contribution < 1.29 is 14.6 Å². The number of benzene rings is 1. The number of halogens is 1. The molecule has 0 spiro atoms. The van der Waals surface area contributed by atoms with Gasteiger partial charge in [-0.1, -0.05) is 25.1 Å². The zero-order valence-electron chi connectivity index (χ0n) is 20.7. The van der Waals surface area contributed by atoms with Gasteiger partial charge in [-0.2, -0.15) is 5.10 Å². The van der Waals surface area contributed by atoms with Crippen molar-refractivity contribution in [3.8, 4) is 11.4 Å². The number of ether oxygens (including phenoxy) is 1. The van der Waals surface area contributed by atoms with Gasteiger partial charge in [0.05, 0.1) is 35.2 Å². The molecule has 1 aromatic carbocycles. The Labute approximate surface area is 219 Å². The number of pyridine rings is 2. The van der Waals surface area contributed by atoms with Crippen LogP contribution in [0.15, 0.2) is 40.2 Å². The molecule has 1 fully saturated rings. The van der Waals surface area contributed by atoms with Crippen LogP contribution in [-0.2, 0) is 28.3 Å². The first-order chi connectivity index (χ1) is 17.4. The highest BCUT2D eigenvalue weighted by atomic mass is 35.5. The van der Waals surface area contributed by atoms with Crippen LogP contribution in [0.1, 0.15) is 35.6 Å². The molecule has 2 N–H and O–H groups in total. The molecule has 3 aliphatic heterocycles. The number of carbonyl (C=O) groups excluding carboxylic acids is 1. The average molecular weight is 525 g/mol. The van der Waals surface area contributed by atoms with Crippen molar-refractivity contribution in [1.29, 1.82) is 0 Å². The molecule has 37 heavy (non-hydrogen) atoms. The molecule has 1 saturated heterocycles. The third-order valence-electron chi connectivity index (χ3n) is 7.54. The van der Waals surface area contributed by atoms with Crippen LogP contribution in [0.3, 0.4) is 0 Å². The van der Waals surface area contributed by atoms with Gasteiger partial charge in [-0.3, -0.25) is 4.79 Å². The molecule has 6 rings (SSSR count). The molecule has 194 valence electrons. The fraction of sp³-hybridized carbons (Fsp3) is 0.385. The number of rotatable bonds is 4. The molecule has 0 bridgehead atoms. The lowest BCUT2D eigenvalue weighted by molar-refractivity contribution is -0.172. The van der Waals surface area contributed by atoms with E-state index < -0.39 is 11.6 Å². The fourth-order valence-corrected chi connectivity index (χ4v) is 5.29. The Hall–Kier alpha value is -3.31. The van der Waals surface area contributed by atoms with Gasteiger partial charge in [-0.05, 0) is 25.6 Å². The van der Waals surface area contributed by atoms with E-state index in [0.29, 0.717) is 29.1 Å². The topological polar surface area (TPSA) is 112 Å². The zero-order chi connectivity index (χ0) is 25.0. The summed E-state index contributed by atoms with van der Waals surface area (Å²) in [4.78, 5) is 33.1. The van der Waals surface area contributed by atoms with E-state index in [0.717, 1.165) is 48.2 Å². The van der Waals surface area contributed by atoms with Crippen LogP contribution in [0.2, 0.25) is 0 Å². The molecular formula is C26H29ClN6O4. The number of esters is 1. The Kier molecular flexibility index (Phi) is 6.53. The Morgan fingerprint density at radius 2 is 1.95 bits per heavy atom. The van der Waals surface area contributed by atoms with Crippen LogP contribution in [-0.4, -0.2) is 70.0 Å². The van der Waals surface area contributed by atoms with E-state index in [1.54, 1.807) is 23.8 Å². The molecule has 3 aliphatic rings. The Morgan fingerprint density at radius 1 is 1.19 bits per heavy atom. The molecule has 11 heteroatoms. The second-order valence-electron chi connectivity index (χ2n) is 9.62. The number of fused-ring (bicyclic) bond motifs is 5. The summed E-state index contributed by atoms with van der Waals surface area (Å²) in [6, 6.07) is 9.54. The molecule has 10 nitrogen and oxygen atoms in total. The number of carbonyl (C=O) groups is 1. The van der Waals surface area contributed by atoms with Gasteiger partial charge >= 0.3 is 5.97 Å². The van der Waals surface area contributed by atoms with Gasteiger partial charge < -0.3 is 19.3 Å². The first-order valence-corrected chi connectivity index (χ1v) is 12.2. The van der Waals surface area contributed by atoms with Crippen molar-refractivity contribution in [2.24, 2.45) is 5.10 Å². The average Bonchev–Trinajstić information content (AvgIpc) is 3.26. The molecule has 0 radical (unpaired) electrons. The first-order valence-electron chi connectivity index (χ1n) is 12.2. The number of nitrogens with zero attached hydrogens (tertiary/aromatic N) is 5. The smallest absolute Gasteiger partial charge is 0.343 e. The molecule has 1 atom stereocenters. The summed E-state index contributed by atoms with van der Waals surface area (Å²) < 4.78 is 6.83. The van der Waals surface area contributed by atoms with Crippen LogP contribution >= 0.6 is 12.4 Å². The number of cyclic esters (lactones) is 1. The first kappa shape index (κ1) is 25.3. The maximum atomic E-state index is 13.5. The second-order valence-corrected chi connectivity index (χ2v) is 9.62. The lowest BCUT2D eigenvalue weighted by Gasteiger charge is -2.31. The number of hydrazone groups is 1. The van der Waals surface area contributed by atoms with E-state index in [1.165, 1.54) is 0 Å². The van der Waals surface area contributed by atoms with Gasteiger partial charge in [0.25, 0.3) is 5.56 Å². The maximum absolute atomic E-state index is 13.5. The van der Waals surface area contributed by atoms with E-state index >= 15 is 0 Å².